The van der Waals surface area contributed by atoms with Gasteiger partial charge in [0.05, 0.1) is 9.90 Å². The van der Waals surface area contributed by atoms with Gasteiger partial charge in [-0.15, -0.1) is 11.3 Å². The Balaban J connectivity index is 1.71. The topological polar surface area (TPSA) is 29.1 Å². The third kappa shape index (κ3) is 2.61. The van der Waals surface area contributed by atoms with Gasteiger partial charge in [-0.25, -0.2) is 0 Å². The zero-order valence-electron chi connectivity index (χ0n) is 9.21. The molecular weight excluding hydrogens is 277 g/mol. The summed E-state index contributed by atoms with van der Waals surface area (Å²) in [6, 6.07) is 2.01. The zero-order chi connectivity index (χ0) is 12.0. The van der Waals surface area contributed by atoms with Gasteiger partial charge in [-0.2, -0.15) is 0 Å². The Morgan fingerprint density at radius 1 is 1.29 bits per heavy atom. The largest absolute Gasteiger partial charge is 0.349 e. The van der Waals surface area contributed by atoms with Crippen LogP contribution in [0, 0.1) is 11.8 Å². The number of amides is 1. The first kappa shape index (κ1) is 11.8. The fourth-order valence-corrected chi connectivity index (χ4v) is 3.71. The van der Waals surface area contributed by atoms with Crippen molar-refractivity contribution in [1.29, 1.82) is 0 Å². The summed E-state index contributed by atoms with van der Waals surface area (Å²) in [6.07, 6.45) is 5.00. The molecule has 2 aliphatic rings. The van der Waals surface area contributed by atoms with Crippen molar-refractivity contribution in [3.8, 4) is 0 Å². The number of hydrogen-bond donors (Lipinski definition) is 1. The van der Waals surface area contributed by atoms with Crippen LogP contribution in [0.2, 0.25) is 8.67 Å². The van der Waals surface area contributed by atoms with Gasteiger partial charge in [0.15, 0.2) is 0 Å². The summed E-state index contributed by atoms with van der Waals surface area (Å²) in [5.74, 6) is 1.32. The molecule has 1 aromatic heterocycles. The van der Waals surface area contributed by atoms with Gasteiger partial charge < -0.3 is 5.32 Å². The van der Waals surface area contributed by atoms with E-state index in [9.17, 15) is 4.79 Å². The highest BCUT2D eigenvalue weighted by Crippen LogP contribution is 2.44. The number of carbonyl (C=O) groups is 1. The quantitative estimate of drug-likeness (QED) is 0.893. The van der Waals surface area contributed by atoms with Crippen molar-refractivity contribution in [3.63, 3.8) is 0 Å². The Morgan fingerprint density at radius 2 is 1.88 bits per heavy atom. The van der Waals surface area contributed by atoms with E-state index in [1.165, 1.54) is 37.0 Å². The number of rotatable bonds is 4. The summed E-state index contributed by atoms with van der Waals surface area (Å²) < 4.78 is 1.05. The molecule has 92 valence electrons. The minimum Gasteiger partial charge on any atom is -0.349 e. The van der Waals surface area contributed by atoms with E-state index in [4.69, 9.17) is 23.2 Å². The molecule has 1 aromatic rings. The van der Waals surface area contributed by atoms with E-state index in [2.05, 4.69) is 5.32 Å². The minimum atomic E-state index is -0.0676. The highest BCUT2D eigenvalue weighted by molar-refractivity contribution is 7.20. The van der Waals surface area contributed by atoms with Crippen LogP contribution in [0.5, 0.6) is 0 Å². The molecule has 2 saturated carbocycles. The molecule has 0 aliphatic heterocycles. The standard InChI is InChI=1S/C12H13Cl2NOS/c13-9-5-8(11(14)17-9)12(16)15-10(6-1-2-6)7-3-4-7/h5-7,10H,1-4H2,(H,15,16). The molecule has 5 heteroatoms. The molecule has 2 nitrogen and oxygen atoms in total. The molecule has 1 amide bonds. The Labute approximate surface area is 114 Å². The molecular formula is C12H13Cl2NOS. The number of thiophene rings is 1. The lowest BCUT2D eigenvalue weighted by atomic mass is 10.1. The molecule has 0 saturated heterocycles. The van der Waals surface area contributed by atoms with Crippen molar-refractivity contribution in [2.24, 2.45) is 11.8 Å². The van der Waals surface area contributed by atoms with Crippen LogP contribution in [0.25, 0.3) is 0 Å². The van der Waals surface area contributed by atoms with E-state index in [0.29, 0.717) is 32.1 Å². The molecule has 0 aromatic carbocycles. The van der Waals surface area contributed by atoms with Gasteiger partial charge in [0, 0.05) is 6.04 Å². The Kier molecular flexibility index (Phi) is 3.09. The van der Waals surface area contributed by atoms with Crippen LogP contribution in [-0.4, -0.2) is 11.9 Å². The number of carbonyl (C=O) groups excluding carboxylic acids is 1. The van der Waals surface area contributed by atoms with Gasteiger partial charge in [0.25, 0.3) is 5.91 Å². The van der Waals surface area contributed by atoms with E-state index in [1.54, 1.807) is 6.07 Å². The van der Waals surface area contributed by atoms with E-state index in [1.807, 2.05) is 0 Å². The highest BCUT2D eigenvalue weighted by Gasteiger charge is 2.42. The molecule has 3 rings (SSSR count). The second kappa shape index (κ2) is 4.45. The molecule has 0 radical (unpaired) electrons. The third-order valence-electron chi connectivity index (χ3n) is 3.46. The van der Waals surface area contributed by atoms with Crippen LogP contribution in [0.4, 0.5) is 0 Å². The summed E-state index contributed by atoms with van der Waals surface area (Å²) in [6.45, 7) is 0. The lowest BCUT2D eigenvalue weighted by molar-refractivity contribution is 0.0927. The second-order valence-electron chi connectivity index (χ2n) is 4.91. The first-order valence-electron chi connectivity index (χ1n) is 5.91. The normalized spacial score (nSPS) is 19.7. The lowest BCUT2D eigenvalue weighted by Crippen LogP contribution is -2.38. The second-order valence-corrected chi connectivity index (χ2v) is 7.20. The maximum absolute atomic E-state index is 12.1. The average Bonchev–Trinajstić information content (AvgIpc) is 3.13. The molecule has 1 N–H and O–H groups in total. The van der Waals surface area contributed by atoms with Crippen LogP contribution in [0.15, 0.2) is 6.07 Å². The summed E-state index contributed by atoms with van der Waals surface area (Å²) in [5.41, 5.74) is 0.521. The highest BCUT2D eigenvalue weighted by atomic mass is 35.5. The molecule has 0 bridgehead atoms. The van der Waals surface area contributed by atoms with Crippen molar-refractivity contribution < 1.29 is 4.79 Å². The van der Waals surface area contributed by atoms with Gasteiger partial charge in [0.1, 0.15) is 4.34 Å². The van der Waals surface area contributed by atoms with Crippen LogP contribution in [0.1, 0.15) is 36.0 Å². The summed E-state index contributed by atoms with van der Waals surface area (Å²) >= 11 is 13.1. The predicted molar refractivity (Wildman–Crippen MR) is 71.0 cm³/mol. The van der Waals surface area contributed by atoms with Crippen LogP contribution < -0.4 is 5.32 Å². The van der Waals surface area contributed by atoms with Crippen LogP contribution in [-0.2, 0) is 0 Å². The van der Waals surface area contributed by atoms with Crippen LogP contribution in [0.3, 0.4) is 0 Å². The Hall–Kier alpha value is -0.250. The molecule has 0 unspecified atom stereocenters. The predicted octanol–water partition coefficient (Wildman–Crippen LogP) is 3.97. The van der Waals surface area contributed by atoms with E-state index >= 15 is 0 Å². The van der Waals surface area contributed by atoms with E-state index in [0.717, 1.165) is 0 Å². The molecule has 17 heavy (non-hydrogen) atoms. The minimum absolute atomic E-state index is 0.0676. The third-order valence-corrected chi connectivity index (χ3v) is 4.95. The maximum Gasteiger partial charge on any atom is 0.253 e. The zero-order valence-corrected chi connectivity index (χ0v) is 11.5. The molecule has 0 atom stereocenters. The van der Waals surface area contributed by atoms with E-state index < -0.39 is 0 Å². The van der Waals surface area contributed by atoms with E-state index in [-0.39, 0.29) is 5.91 Å². The Bertz CT molecular complexity index is 439. The van der Waals surface area contributed by atoms with Gasteiger partial charge >= 0.3 is 0 Å². The van der Waals surface area contributed by atoms with Crippen molar-refractivity contribution in [2.45, 2.75) is 31.7 Å². The first-order chi connectivity index (χ1) is 8.15. The molecule has 1 heterocycles. The number of hydrogen-bond acceptors (Lipinski definition) is 2. The smallest absolute Gasteiger partial charge is 0.253 e. The van der Waals surface area contributed by atoms with Gasteiger partial charge in [0.2, 0.25) is 0 Å². The molecule has 2 fully saturated rings. The summed E-state index contributed by atoms with van der Waals surface area (Å²) in [4.78, 5) is 12.1. The van der Waals surface area contributed by atoms with Gasteiger partial charge in [-0.1, -0.05) is 23.2 Å². The van der Waals surface area contributed by atoms with Crippen LogP contribution >= 0.6 is 34.5 Å². The summed E-state index contributed by atoms with van der Waals surface area (Å²) in [7, 11) is 0. The molecule has 0 spiro atoms. The van der Waals surface area contributed by atoms with Gasteiger partial charge in [-0.3, -0.25) is 4.79 Å². The molecule has 2 aliphatic carbocycles. The average molecular weight is 290 g/mol. The SMILES string of the molecule is O=C(NC(C1CC1)C1CC1)c1cc(Cl)sc1Cl. The maximum atomic E-state index is 12.1. The number of nitrogens with one attached hydrogen (secondary N) is 1. The monoisotopic (exact) mass is 289 g/mol. The first-order valence-corrected chi connectivity index (χ1v) is 7.48. The van der Waals surface area contributed by atoms with Crippen molar-refractivity contribution >= 4 is 40.4 Å². The van der Waals surface area contributed by atoms with Crippen molar-refractivity contribution in [2.75, 3.05) is 0 Å². The fourth-order valence-electron chi connectivity index (χ4n) is 2.26. The van der Waals surface area contributed by atoms with Gasteiger partial charge in [-0.05, 0) is 43.6 Å². The lowest BCUT2D eigenvalue weighted by Gasteiger charge is -2.17. The summed E-state index contributed by atoms with van der Waals surface area (Å²) in [5, 5.41) is 3.14. The Morgan fingerprint density at radius 3 is 2.29 bits per heavy atom. The van der Waals surface area contributed by atoms with Crippen molar-refractivity contribution in [1.82, 2.24) is 5.32 Å². The number of halogens is 2. The van der Waals surface area contributed by atoms with Crippen molar-refractivity contribution in [3.05, 3.63) is 20.3 Å². The fraction of sp³-hybridized carbons (Fsp3) is 0.583.